The highest BCUT2D eigenvalue weighted by Gasteiger charge is 2.26. The van der Waals surface area contributed by atoms with Crippen LogP contribution in [0.4, 0.5) is 10.1 Å². The van der Waals surface area contributed by atoms with Gasteiger partial charge in [0.25, 0.3) is 5.91 Å². The fraction of sp³-hybridized carbons (Fsp3) is 0.417. The van der Waals surface area contributed by atoms with E-state index in [2.05, 4.69) is 0 Å². The van der Waals surface area contributed by atoms with Crippen LogP contribution in [-0.2, 0) is 4.74 Å². The molecule has 1 fully saturated rings. The third kappa shape index (κ3) is 2.39. The van der Waals surface area contributed by atoms with Crippen LogP contribution in [0.3, 0.4) is 0 Å². The SMILES string of the molecule is C[C@@H]1COCCN1C(=O)c1cc(F)ccc1N. The number of hydrogen-bond acceptors (Lipinski definition) is 3. The van der Waals surface area contributed by atoms with Crippen LogP contribution in [0.5, 0.6) is 0 Å². The standard InChI is InChI=1S/C12H15FN2O2/c1-8-7-17-5-4-15(8)12(16)10-6-9(13)2-3-11(10)14/h2-3,6,8H,4-5,7,14H2,1H3/t8-/m1/s1. The number of nitrogen functional groups attached to an aromatic ring is 1. The van der Waals surface area contributed by atoms with Gasteiger partial charge in [-0.3, -0.25) is 4.79 Å². The van der Waals surface area contributed by atoms with Crippen LogP contribution in [-0.4, -0.2) is 36.6 Å². The Morgan fingerprint density at radius 3 is 3.06 bits per heavy atom. The van der Waals surface area contributed by atoms with E-state index in [0.29, 0.717) is 25.4 Å². The molecule has 1 amide bonds. The Labute approximate surface area is 99.2 Å². The third-order valence-corrected chi connectivity index (χ3v) is 2.87. The summed E-state index contributed by atoms with van der Waals surface area (Å²) in [5.74, 6) is -0.693. The normalized spacial score (nSPS) is 20.4. The van der Waals surface area contributed by atoms with Gasteiger partial charge < -0.3 is 15.4 Å². The first-order valence-corrected chi connectivity index (χ1v) is 5.53. The monoisotopic (exact) mass is 238 g/mol. The number of morpholine rings is 1. The van der Waals surface area contributed by atoms with E-state index in [4.69, 9.17) is 10.5 Å². The Bertz CT molecular complexity index is 437. The Balaban J connectivity index is 2.26. The number of ether oxygens (including phenoxy) is 1. The first-order chi connectivity index (χ1) is 8.09. The molecule has 2 rings (SSSR count). The van der Waals surface area contributed by atoms with Crippen molar-refractivity contribution in [2.45, 2.75) is 13.0 Å². The zero-order valence-electron chi connectivity index (χ0n) is 9.65. The maximum atomic E-state index is 13.1. The quantitative estimate of drug-likeness (QED) is 0.749. The average Bonchev–Trinajstić information content (AvgIpc) is 2.32. The molecule has 1 heterocycles. The van der Waals surface area contributed by atoms with E-state index in [1.807, 2.05) is 6.92 Å². The Hall–Kier alpha value is -1.62. The molecule has 4 nitrogen and oxygen atoms in total. The largest absolute Gasteiger partial charge is 0.398 e. The van der Waals surface area contributed by atoms with Gasteiger partial charge in [-0.15, -0.1) is 0 Å². The second kappa shape index (κ2) is 4.71. The predicted molar refractivity (Wildman–Crippen MR) is 62.1 cm³/mol. The van der Waals surface area contributed by atoms with Crippen molar-refractivity contribution in [2.75, 3.05) is 25.5 Å². The molecule has 0 bridgehead atoms. The van der Waals surface area contributed by atoms with Crippen molar-refractivity contribution >= 4 is 11.6 Å². The van der Waals surface area contributed by atoms with Gasteiger partial charge in [0, 0.05) is 12.2 Å². The molecule has 0 radical (unpaired) electrons. The maximum absolute atomic E-state index is 13.1. The molecule has 0 saturated carbocycles. The number of halogens is 1. The first-order valence-electron chi connectivity index (χ1n) is 5.53. The zero-order valence-corrected chi connectivity index (χ0v) is 9.65. The van der Waals surface area contributed by atoms with Crippen LogP contribution in [0, 0.1) is 5.82 Å². The molecular weight excluding hydrogens is 223 g/mol. The van der Waals surface area contributed by atoms with Gasteiger partial charge in [-0.25, -0.2) is 4.39 Å². The van der Waals surface area contributed by atoms with Gasteiger partial charge >= 0.3 is 0 Å². The Morgan fingerprint density at radius 1 is 1.59 bits per heavy atom. The lowest BCUT2D eigenvalue weighted by Gasteiger charge is -2.33. The van der Waals surface area contributed by atoms with Gasteiger partial charge in [-0.1, -0.05) is 0 Å². The molecule has 0 unspecified atom stereocenters. The average molecular weight is 238 g/mol. The van der Waals surface area contributed by atoms with E-state index < -0.39 is 5.82 Å². The minimum atomic E-state index is -0.455. The smallest absolute Gasteiger partial charge is 0.256 e. The molecule has 1 saturated heterocycles. The second-order valence-corrected chi connectivity index (χ2v) is 4.15. The Morgan fingerprint density at radius 2 is 2.35 bits per heavy atom. The molecule has 17 heavy (non-hydrogen) atoms. The summed E-state index contributed by atoms with van der Waals surface area (Å²) in [7, 11) is 0. The second-order valence-electron chi connectivity index (χ2n) is 4.15. The van der Waals surface area contributed by atoms with Crippen LogP contribution in [0.15, 0.2) is 18.2 Å². The van der Waals surface area contributed by atoms with Crippen LogP contribution >= 0.6 is 0 Å². The number of nitrogens with two attached hydrogens (primary N) is 1. The molecule has 1 aliphatic heterocycles. The molecule has 0 spiro atoms. The molecule has 1 aromatic rings. The number of carbonyl (C=O) groups is 1. The van der Waals surface area contributed by atoms with Crippen molar-refractivity contribution in [1.82, 2.24) is 4.90 Å². The lowest BCUT2D eigenvalue weighted by atomic mass is 10.1. The summed E-state index contributed by atoms with van der Waals surface area (Å²) >= 11 is 0. The summed E-state index contributed by atoms with van der Waals surface area (Å²) in [6, 6.07) is 3.82. The Kier molecular flexibility index (Phi) is 3.28. The van der Waals surface area contributed by atoms with Crippen LogP contribution in [0.1, 0.15) is 17.3 Å². The molecule has 1 aromatic carbocycles. The molecular formula is C12H15FN2O2. The van der Waals surface area contributed by atoms with Crippen LogP contribution in [0.2, 0.25) is 0 Å². The van der Waals surface area contributed by atoms with E-state index in [1.165, 1.54) is 18.2 Å². The highest BCUT2D eigenvalue weighted by Crippen LogP contribution is 2.18. The fourth-order valence-electron chi connectivity index (χ4n) is 1.90. The van der Waals surface area contributed by atoms with Crippen molar-refractivity contribution in [1.29, 1.82) is 0 Å². The van der Waals surface area contributed by atoms with Crippen molar-refractivity contribution in [3.8, 4) is 0 Å². The van der Waals surface area contributed by atoms with Gasteiger partial charge in [-0.2, -0.15) is 0 Å². The molecule has 0 aromatic heterocycles. The van der Waals surface area contributed by atoms with Crippen molar-refractivity contribution in [3.05, 3.63) is 29.6 Å². The topological polar surface area (TPSA) is 55.6 Å². The summed E-state index contributed by atoms with van der Waals surface area (Å²) in [4.78, 5) is 13.9. The minimum Gasteiger partial charge on any atom is -0.398 e. The van der Waals surface area contributed by atoms with E-state index in [-0.39, 0.29) is 17.5 Å². The highest BCUT2D eigenvalue weighted by molar-refractivity contribution is 5.99. The van der Waals surface area contributed by atoms with E-state index in [0.717, 1.165) is 0 Å². The number of nitrogens with zero attached hydrogens (tertiary/aromatic N) is 1. The number of anilines is 1. The molecule has 92 valence electrons. The van der Waals surface area contributed by atoms with Crippen molar-refractivity contribution < 1.29 is 13.9 Å². The van der Waals surface area contributed by atoms with Gasteiger partial charge in [0.05, 0.1) is 24.8 Å². The summed E-state index contributed by atoms with van der Waals surface area (Å²) in [5.41, 5.74) is 6.22. The summed E-state index contributed by atoms with van der Waals surface area (Å²) in [6.45, 7) is 3.41. The molecule has 1 aliphatic rings. The number of carbonyl (C=O) groups excluding carboxylic acids is 1. The van der Waals surface area contributed by atoms with E-state index in [9.17, 15) is 9.18 Å². The minimum absolute atomic E-state index is 0.0149. The van der Waals surface area contributed by atoms with Gasteiger partial charge in [0.2, 0.25) is 0 Å². The summed E-state index contributed by atoms with van der Waals surface area (Å²) < 4.78 is 18.4. The number of hydrogen-bond donors (Lipinski definition) is 1. The van der Waals surface area contributed by atoms with E-state index >= 15 is 0 Å². The lowest BCUT2D eigenvalue weighted by Crippen LogP contribution is -2.47. The zero-order chi connectivity index (χ0) is 12.4. The van der Waals surface area contributed by atoms with E-state index in [1.54, 1.807) is 4.90 Å². The number of rotatable bonds is 1. The summed E-state index contributed by atoms with van der Waals surface area (Å²) in [5, 5.41) is 0. The van der Waals surface area contributed by atoms with Gasteiger partial charge in [0.15, 0.2) is 0 Å². The van der Waals surface area contributed by atoms with Crippen LogP contribution in [0.25, 0.3) is 0 Å². The predicted octanol–water partition coefficient (Wildman–Crippen LogP) is 1.27. The maximum Gasteiger partial charge on any atom is 0.256 e. The van der Waals surface area contributed by atoms with Crippen molar-refractivity contribution in [2.24, 2.45) is 0 Å². The lowest BCUT2D eigenvalue weighted by molar-refractivity contribution is 0.00363. The molecule has 0 aliphatic carbocycles. The van der Waals surface area contributed by atoms with Gasteiger partial charge in [-0.05, 0) is 25.1 Å². The number of benzene rings is 1. The number of amides is 1. The van der Waals surface area contributed by atoms with Crippen LogP contribution < -0.4 is 5.73 Å². The molecule has 5 heteroatoms. The molecule has 2 N–H and O–H groups in total. The molecule has 1 atom stereocenters. The highest BCUT2D eigenvalue weighted by atomic mass is 19.1. The summed E-state index contributed by atoms with van der Waals surface area (Å²) in [6.07, 6.45) is 0. The first kappa shape index (κ1) is 11.9. The third-order valence-electron chi connectivity index (χ3n) is 2.87. The van der Waals surface area contributed by atoms with Crippen molar-refractivity contribution in [3.63, 3.8) is 0 Å². The fourth-order valence-corrected chi connectivity index (χ4v) is 1.90. The van der Waals surface area contributed by atoms with Gasteiger partial charge in [0.1, 0.15) is 5.82 Å².